The van der Waals surface area contributed by atoms with E-state index in [1.165, 1.54) is 0 Å². The fourth-order valence-corrected chi connectivity index (χ4v) is 0.815. The highest BCUT2D eigenvalue weighted by molar-refractivity contribution is 5.73. The molecule has 13 heavy (non-hydrogen) atoms. The number of aliphatic carboxylic acids is 1. The van der Waals surface area contributed by atoms with Crippen LogP contribution >= 0.6 is 0 Å². The third-order valence-corrected chi connectivity index (χ3v) is 1.54. The molecule has 0 aliphatic carbocycles. The molecule has 2 amide bonds. The van der Waals surface area contributed by atoms with E-state index in [0.29, 0.717) is 25.8 Å². The fourth-order valence-electron chi connectivity index (χ4n) is 0.815. The number of carbonyl (C=O) groups excluding carboxylic acids is 1. The van der Waals surface area contributed by atoms with Crippen LogP contribution in [0.3, 0.4) is 0 Å². The summed E-state index contributed by atoms with van der Waals surface area (Å²) in [6.45, 7) is 0.397. The van der Waals surface area contributed by atoms with E-state index < -0.39 is 18.0 Å². The molecule has 0 aliphatic heterocycles. The molecule has 0 bridgehead atoms. The molecule has 1 unspecified atom stereocenters. The zero-order valence-corrected chi connectivity index (χ0v) is 7.25. The molecule has 75 valence electrons. The SMILES string of the molecule is [NH]C(=O)NCCCCC(N)C(=O)O. The molecule has 0 fully saturated rings. The molecule has 0 aromatic carbocycles. The van der Waals surface area contributed by atoms with Gasteiger partial charge in [0.05, 0.1) is 0 Å². The molecule has 0 aromatic heterocycles. The van der Waals surface area contributed by atoms with Crippen molar-refractivity contribution in [3.63, 3.8) is 0 Å². The minimum atomic E-state index is -1.01. The van der Waals surface area contributed by atoms with Crippen LogP contribution in [0.2, 0.25) is 0 Å². The van der Waals surface area contributed by atoms with Crippen LogP contribution in [0, 0.1) is 0 Å². The van der Waals surface area contributed by atoms with Crippen LogP contribution in [-0.4, -0.2) is 29.7 Å². The van der Waals surface area contributed by atoms with E-state index in [0.717, 1.165) is 0 Å². The number of hydrogen-bond donors (Lipinski definition) is 3. The number of nitrogens with one attached hydrogen (secondary N) is 2. The van der Waals surface area contributed by atoms with E-state index in [9.17, 15) is 9.59 Å². The lowest BCUT2D eigenvalue weighted by Gasteiger charge is -2.05. The molecule has 5 N–H and O–H groups in total. The van der Waals surface area contributed by atoms with Crippen molar-refractivity contribution in [2.24, 2.45) is 5.73 Å². The molecule has 6 heteroatoms. The van der Waals surface area contributed by atoms with E-state index in [4.69, 9.17) is 16.6 Å². The van der Waals surface area contributed by atoms with Crippen molar-refractivity contribution >= 4 is 12.0 Å². The first-order chi connectivity index (χ1) is 6.04. The molecule has 6 nitrogen and oxygen atoms in total. The van der Waals surface area contributed by atoms with Crippen LogP contribution in [0.4, 0.5) is 4.79 Å². The van der Waals surface area contributed by atoms with E-state index in [1.54, 1.807) is 0 Å². The maximum atomic E-state index is 10.2. The summed E-state index contributed by atoms with van der Waals surface area (Å²) in [6, 6.07) is -1.64. The highest BCUT2D eigenvalue weighted by Gasteiger charge is 2.09. The molecule has 0 saturated heterocycles. The number of carboxylic acid groups (broad SMARTS) is 1. The van der Waals surface area contributed by atoms with Gasteiger partial charge in [-0.05, 0) is 19.3 Å². The minimum absolute atomic E-state index is 0.392. The Kier molecular flexibility index (Phi) is 5.62. The van der Waals surface area contributed by atoms with Gasteiger partial charge in [-0.2, -0.15) is 0 Å². The van der Waals surface area contributed by atoms with Gasteiger partial charge in [-0.1, -0.05) is 0 Å². The maximum Gasteiger partial charge on any atom is 0.333 e. The Bertz CT molecular complexity index is 184. The number of carboxylic acids is 1. The first-order valence-corrected chi connectivity index (χ1v) is 4.02. The number of nitrogens with two attached hydrogens (primary N) is 1. The minimum Gasteiger partial charge on any atom is -0.480 e. The first kappa shape index (κ1) is 11.7. The van der Waals surface area contributed by atoms with Gasteiger partial charge in [0.2, 0.25) is 0 Å². The normalized spacial score (nSPS) is 12.1. The van der Waals surface area contributed by atoms with Gasteiger partial charge in [0.1, 0.15) is 6.04 Å². The van der Waals surface area contributed by atoms with Crippen LogP contribution in [0.5, 0.6) is 0 Å². The molecular weight excluding hydrogens is 174 g/mol. The van der Waals surface area contributed by atoms with E-state index in [-0.39, 0.29) is 0 Å². The Balaban J connectivity index is 3.26. The largest absolute Gasteiger partial charge is 0.480 e. The Hall–Kier alpha value is -1.30. The molecule has 0 spiro atoms. The fraction of sp³-hybridized carbons (Fsp3) is 0.714. The van der Waals surface area contributed by atoms with Gasteiger partial charge in [-0.25, -0.2) is 10.5 Å². The number of unbranched alkanes of at least 4 members (excludes halogenated alkanes) is 1. The number of amides is 2. The molecule has 0 rings (SSSR count). The van der Waals surface area contributed by atoms with Crippen molar-refractivity contribution in [3.05, 3.63) is 0 Å². The predicted molar refractivity (Wildman–Crippen MR) is 46.0 cm³/mol. The summed E-state index contributed by atoms with van der Waals surface area (Å²) >= 11 is 0. The molecule has 0 heterocycles. The second kappa shape index (κ2) is 6.24. The Labute approximate surface area is 76.3 Å². The Morgan fingerprint density at radius 1 is 1.46 bits per heavy atom. The monoisotopic (exact) mass is 188 g/mol. The first-order valence-electron chi connectivity index (χ1n) is 4.02. The summed E-state index contributed by atoms with van der Waals surface area (Å²) in [4.78, 5) is 20.3. The number of rotatable bonds is 6. The average Bonchev–Trinajstić information content (AvgIpc) is 2.02. The van der Waals surface area contributed by atoms with Crippen LogP contribution in [0.25, 0.3) is 0 Å². The van der Waals surface area contributed by atoms with Gasteiger partial charge in [0, 0.05) is 6.54 Å². The van der Waals surface area contributed by atoms with Gasteiger partial charge in [0.25, 0.3) is 0 Å². The summed E-state index contributed by atoms with van der Waals surface area (Å²) in [5, 5.41) is 10.7. The molecule has 0 aromatic rings. The van der Waals surface area contributed by atoms with Gasteiger partial charge < -0.3 is 16.2 Å². The number of carbonyl (C=O) groups is 2. The van der Waals surface area contributed by atoms with Crippen molar-refractivity contribution in [1.82, 2.24) is 11.1 Å². The molecule has 1 atom stereocenters. The van der Waals surface area contributed by atoms with Gasteiger partial charge >= 0.3 is 12.0 Å². The zero-order valence-electron chi connectivity index (χ0n) is 7.25. The lowest BCUT2D eigenvalue weighted by atomic mass is 10.1. The average molecular weight is 188 g/mol. The van der Waals surface area contributed by atoms with Crippen molar-refractivity contribution in [1.29, 1.82) is 0 Å². The van der Waals surface area contributed by atoms with Crippen molar-refractivity contribution < 1.29 is 14.7 Å². The van der Waals surface area contributed by atoms with Gasteiger partial charge in [0.15, 0.2) is 0 Å². The summed E-state index contributed by atoms with van der Waals surface area (Å²) in [5.74, 6) is -1.01. The Morgan fingerprint density at radius 3 is 2.54 bits per heavy atom. The second-order valence-electron chi connectivity index (χ2n) is 2.70. The summed E-state index contributed by atoms with van der Waals surface area (Å²) < 4.78 is 0. The second-order valence-corrected chi connectivity index (χ2v) is 2.70. The predicted octanol–water partition coefficient (Wildman–Crippen LogP) is -0.439. The van der Waals surface area contributed by atoms with Crippen LogP contribution in [0.1, 0.15) is 19.3 Å². The summed E-state index contributed by atoms with van der Waals surface area (Å²) in [6.07, 6.45) is 1.67. The smallest absolute Gasteiger partial charge is 0.333 e. The maximum absolute atomic E-state index is 10.2. The lowest BCUT2D eigenvalue weighted by molar-refractivity contribution is -0.138. The van der Waals surface area contributed by atoms with E-state index in [1.807, 2.05) is 0 Å². The van der Waals surface area contributed by atoms with Crippen LogP contribution in [-0.2, 0) is 4.79 Å². The molecule has 1 radical (unpaired) electrons. The third-order valence-electron chi connectivity index (χ3n) is 1.54. The van der Waals surface area contributed by atoms with E-state index in [2.05, 4.69) is 5.32 Å². The van der Waals surface area contributed by atoms with Crippen molar-refractivity contribution in [3.8, 4) is 0 Å². The zero-order chi connectivity index (χ0) is 10.3. The topological polar surface area (TPSA) is 116 Å². The van der Waals surface area contributed by atoms with Crippen molar-refractivity contribution in [2.45, 2.75) is 25.3 Å². The quantitative estimate of drug-likeness (QED) is 0.490. The third kappa shape index (κ3) is 7.07. The summed E-state index contributed by atoms with van der Waals surface area (Å²) in [5.41, 5.74) is 11.7. The standard InChI is InChI=1S/C7H14N3O3/c8-5(6(11)12)3-1-2-4-10-7(9)13/h5,9H,1-4,8H2,(H,10,13)(H,11,12). The molecule has 0 saturated carbocycles. The van der Waals surface area contributed by atoms with Crippen LogP contribution < -0.4 is 16.8 Å². The highest BCUT2D eigenvalue weighted by Crippen LogP contribution is 1.97. The van der Waals surface area contributed by atoms with Crippen molar-refractivity contribution in [2.75, 3.05) is 6.54 Å². The van der Waals surface area contributed by atoms with Gasteiger partial charge in [-0.15, -0.1) is 0 Å². The van der Waals surface area contributed by atoms with Gasteiger partial charge in [-0.3, -0.25) is 4.79 Å². The molecular formula is C7H14N3O3. The Morgan fingerprint density at radius 2 is 2.08 bits per heavy atom. The van der Waals surface area contributed by atoms with Crippen LogP contribution in [0.15, 0.2) is 0 Å². The highest BCUT2D eigenvalue weighted by atomic mass is 16.4. The lowest BCUT2D eigenvalue weighted by Crippen LogP contribution is -2.30. The number of urea groups is 1. The number of hydrogen-bond acceptors (Lipinski definition) is 3. The van der Waals surface area contributed by atoms with E-state index >= 15 is 0 Å². The molecule has 0 aliphatic rings. The summed E-state index contributed by atoms with van der Waals surface area (Å²) in [7, 11) is 0.